The van der Waals surface area contributed by atoms with Gasteiger partial charge in [-0.2, -0.15) is 0 Å². The second kappa shape index (κ2) is 10.2. The highest BCUT2D eigenvalue weighted by atomic mass is 16.2. The lowest BCUT2D eigenvalue weighted by Gasteiger charge is -2.48. The molecule has 37 heavy (non-hydrogen) atoms. The van der Waals surface area contributed by atoms with E-state index in [1.165, 1.54) is 18.4 Å². The van der Waals surface area contributed by atoms with Gasteiger partial charge in [-0.3, -0.25) is 14.5 Å². The van der Waals surface area contributed by atoms with E-state index in [1.54, 1.807) is 0 Å². The zero-order valence-corrected chi connectivity index (χ0v) is 22.4. The highest BCUT2D eigenvalue weighted by Gasteiger charge is 2.47. The van der Waals surface area contributed by atoms with E-state index in [2.05, 4.69) is 45.0 Å². The SMILES string of the molecule is Cc1cccc(C)c1C(=O)N1CCC(N2[C@@H]3CC[C@H]2CC(N(Cc2ccccc2)C(=O)C2CC2)C3)CC1. The van der Waals surface area contributed by atoms with Gasteiger partial charge in [0.2, 0.25) is 5.91 Å². The van der Waals surface area contributed by atoms with Gasteiger partial charge in [-0.1, -0.05) is 48.5 Å². The Kier molecular flexibility index (Phi) is 6.83. The van der Waals surface area contributed by atoms with Crippen LogP contribution in [0.3, 0.4) is 0 Å². The fourth-order valence-corrected chi connectivity index (χ4v) is 7.44. The van der Waals surface area contributed by atoms with Gasteiger partial charge in [0, 0.05) is 55.3 Å². The minimum Gasteiger partial charge on any atom is -0.339 e. The van der Waals surface area contributed by atoms with E-state index in [-0.39, 0.29) is 11.8 Å². The fourth-order valence-electron chi connectivity index (χ4n) is 7.44. The standard InChI is InChI=1S/C32H41N3O2/c1-22-7-6-8-23(2)30(22)32(37)33-17-15-26(16-18-33)35-27-13-14-28(35)20-29(19-27)34(31(36)25-11-12-25)21-24-9-4-3-5-10-24/h3-10,25-29H,11-21H2,1-2H3/t27-,28+,29?. The van der Waals surface area contributed by atoms with Crippen LogP contribution in [0.15, 0.2) is 48.5 Å². The number of piperidine rings is 2. The number of carbonyl (C=O) groups is 2. The number of rotatable bonds is 6. The topological polar surface area (TPSA) is 43.9 Å². The van der Waals surface area contributed by atoms with Crippen molar-refractivity contribution in [1.29, 1.82) is 0 Å². The third-order valence-electron chi connectivity index (χ3n) is 9.48. The van der Waals surface area contributed by atoms with E-state index in [9.17, 15) is 9.59 Å². The number of hydrogen-bond donors (Lipinski definition) is 0. The van der Waals surface area contributed by atoms with Gasteiger partial charge in [-0.25, -0.2) is 0 Å². The van der Waals surface area contributed by atoms with Crippen LogP contribution < -0.4 is 0 Å². The van der Waals surface area contributed by atoms with Crippen LogP contribution in [0.1, 0.15) is 78.4 Å². The molecule has 2 aromatic carbocycles. The Bertz CT molecular complexity index is 1100. The predicted octanol–water partition coefficient (Wildman–Crippen LogP) is 5.34. The Labute approximate surface area is 221 Å². The molecule has 6 rings (SSSR count). The lowest BCUT2D eigenvalue weighted by molar-refractivity contribution is -0.137. The molecule has 3 aliphatic heterocycles. The van der Waals surface area contributed by atoms with Gasteiger partial charge in [0.05, 0.1) is 0 Å². The zero-order chi connectivity index (χ0) is 25.5. The molecule has 0 aromatic heterocycles. The average Bonchev–Trinajstić information content (AvgIpc) is 3.72. The van der Waals surface area contributed by atoms with E-state index < -0.39 is 0 Å². The van der Waals surface area contributed by atoms with Crippen molar-refractivity contribution in [1.82, 2.24) is 14.7 Å². The molecule has 5 heteroatoms. The molecule has 2 amide bonds. The highest BCUT2D eigenvalue weighted by Crippen LogP contribution is 2.42. The van der Waals surface area contributed by atoms with Crippen LogP contribution in [0.2, 0.25) is 0 Å². The first-order valence-corrected chi connectivity index (χ1v) is 14.5. The van der Waals surface area contributed by atoms with E-state index in [1.807, 2.05) is 32.0 Å². The normalized spacial score (nSPS) is 26.3. The molecule has 5 nitrogen and oxygen atoms in total. The lowest BCUT2D eigenvalue weighted by atomic mass is 9.90. The monoisotopic (exact) mass is 499 g/mol. The van der Waals surface area contributed by atoms with Crippen molar-refractivity contribution in [2.24, 2.45) is 5.92 Å². The summed E-state index contributed by atoms with van der Waals surface area (Å²) in [5, 5.41) is 0. The number of aryl methyl sites for hydroxylation is 2. The summed E-state index contributed by atoms with van der Waals surface area (Å²) in [7, 11) is 0. The summed E-state index contributed by atoms with van der Waals surface area (Å²) < 4.78 is 0. The summed E-state index contributed by atoms with van der Waals surface area (Å²) in [5.74, 6) is 0.851. The molecule has 2 aromatic rings. The molecule has 1 saturated carbocycles. The first-order chi connectivity index (χ1) is 18.0. The number of hydrogen-bond acceptors (Lipinski definition) is 3. The Hall–Kier alpha value is -2.66. The third kappa shape index (κ3) is 4.95. The Morgan fingerprint density at radius 2 is 1.41 bits per heavy atom. The molecular weight excluding hydrogens is 458 g/mol. The van der Waals surface area contributed by atoms with Gasteiger partial charge in [0.25, 0.3) is 5.91 Å². The van der Waals surface area contributed by atoms with Crippen molar-refractivity contribution in [3.63, 3.8) is 0 Å². The van der Waals surface area contributed by atoms with Crippen molar-refractivity contribution in [2.75, 3.05) is 13.1 Å². The van der Waals surface area contributed by atoms with E-state index in [4.69, 9.17) is 0 Å². The summed E-state index contributed by atoms with van der Waals surface area (Å²) in [6.45, 7) is 6.53. The average molecular weight is 500 g/mol. The molecule has 3 atom stereocenters. The van der Waals surface area contributed by atoms with Crippen LogP contribution in [-0.4, -0.2) is 63.8 Å². The number of nitrogens with zero attached hydrogens (tertiary/aromatic N) is 3. The lowest BCUT2D eigenvalue weighted by Crippen LogP contribution is -2.57. The molecule has 1 aliphatic carbocycles. The largest absolute Gasteiger partial charge is 0.339 e. The minimum atomic E-state index is 0.200. The summed E-state index contributed by atoms with van der Waals surface area (Å²) >= 11 is 0. The number of amides is 2. The van der Waals surface area contributed by atoms with Crippen LogP contribution in [0, 0.1) is 19.8 Å². The predicted molar refractivity (Wildman–Crippen MR) is 146 cm³/mol. The molecule has 1 unspecified atom stereocenters. The van der Waals surface area contributed by atoms with E-state index in [0.717, 1.165) is 74.8 Å². The highest BCUT2D eigenvalue weighted by molar-refractivity contribution is 5.97. The van der Waals surface area contributed by atoms with Crippen molar-refractivity contribution in [2.45, 2.75) is 95.9 Å². The quantitative estimate of drug-likeness (QED) is 0.539. The molecule has 3 saturated heterocycles. The van der Waals surface area contributed by atoms with Crippen molar-refractivity contribution in [3.8, 4) is 0 Å². The maximum absolute atomic E-state index is 13.4. The number of likely N-dealkylation sites (tertiary alicyclic amines) is 1. The summed E-state index contributed by atoms with van der Waals surface area (Å²) in [6, 6.07) is 18.7. The van der Waals surface area contributed by atoms with Gasteiger partial charge in [0.15, 0.2) is 0 Å². The van der Waals surface area contributed by atoms with Crippen molar-refractivity contribution >= 4 is 11.8 Å². The molecule has 2 bridgehead atoms. The van der Waals surface area contributed by atoms with Crippen LogP contribution in [0.4, 0.5) is 0 Å². The second-order valence-corrected chi connectivity index (χ2v) is 12.0. The van der Waals surface area contributed by atoms with Crippen LogP contribution in [0.5, 0.6) is 0 Å². The Morgan fingerprint density at radius 3 is 2.00 bits per heavy atom. The van der Waals surface area contributed by atoms with Gasteiger partial charge < -0.3 is 9.80 Å². The molecule has 3 heterocycles. The Morgan fingerprint density at radius 1 is 0.784 bits per heavy atom. The fraction of sp³-hybridized carbons (Fsp3) is 0.562. The maximum atomic E-state index is 13.4. The molecule has 0 spiro atoms. The van der Waals surface area contributed by atoms with Crippen LogP contribution >= 0.6 is 0 Å². The van der Waals surface area contributed by atoms with Gasteiger partial charge in [-0.05, 0) is 81.9 Å². The van der Waals surface area contributed by atoms with Crippen molar-refractivity contribution < 1.29 is 9.59 Å². The smallest absolute Gasteiger partial charge is 0.254 e. The summed E-state index contributed by atoms with van der Waals surface area (Å²) in [6.07, 6.45) is 8.95. The molecule has 4 fully saturated rings. The Balaban J connectivity index is 1.11. The zero-order valence-electron chi connectivity index (χ0n) is 22.4. The van der Waals surface area contributed by atoms with Gasteiger partial charge in [-0.15, -0.1) is 0 Å². The second-order valence-electron chi connectivity index (χ2n) is 12.0. The van der Waals surface area contributed by atoms with E-state index >= 15 is 0 Å². The maximum Gasteiger partial charge on any atom is 0.254 e. The van der Waals surface area contributed by atoms with Crippen LogP contribution in [0.25, 0.3) is 0 Å². The van der Waals surface area contributed by atoms with Crippen molar-refractivity contribution in [3.05, 3.63) is 70.8 Å². The van der Waals surface area contributed by atoms with E-state index in [0.29, 0.717) is 30.1 Å². The molecule has 0 radical (unpaired) electrons. The minimum absolute atomic E-state index is 0.200. The summed E-state index contributed by atoms with van der Waals surface area (Å²) in [4.78, 5) is 33.8. The number of benzene rings is 2. The third-order valence-corrected chi connectivity index (χ3v) is 9.48. The van der Waals surface area contributed by atoms with Gasteiger partial charge in [0.1, 0.15) is 0 Å². The first-order valence-electron chi connectivity index (χ1n) is 14.5. The molecular formula is C32H41N3O2. The molecule has 196 valence electrons. The molecule has 0 N–H and O–H groups in total. The molecule has 4 aliphatic rings. The summed E-state index contributed by atoms with van der Waals surface area (Å²) in [5.41, 5.74) is 4.29. The number of carbonyl (C=O) groups excluding carboxylic acids is 2. The number of fused-ring (bicyclic) bond motifs is 2. The van der Waals surface area contributed by atoms with Gasteiger partial charge >= 0.3 is 0 Å². The van der Waals surface area contributed by atoms with Crippen LogP contribution in [-0.2, 0) is 11.3 Å². The first kappa shape index (κ1) is 24.7.